The SMILES string of the molecule is O=C(NC1CCC(C(=O)O)CC1)NC1CCS(=O)(=O)CC1. The third-order valence-corrected chi connectivity index (χ3v) is 6.02. The Morgan fingerprint density at radius 1 is 0.857 bits per heavy atom. The van der Waals surface area contributed by atoms with Crippen LogP contribution in [0.3, 0.4) is 0 Å². The molecule has 8 heteroatoms. The van der Waals surface area contributed by atoms with Gasteiger partial charge in [0.2, 0.25) is 0 Å². The highest BCUT2D eigenvalue weighted by Gasteiger charge is 2.28. The monoisotopic (exact) mass is 318 g/mol. The molecule has 2 fully saturated rings. The first kappa shape index (κ1) is 16.1. The van der Waals surface area contributed by atoms with Crippen molar-refractivity contribution in [2.45, 2.75) is 50.6 Å². The van der Waals surface area contributed by atoms with Gasteiger partial charge < -0.3 is 15.7 Å². The molecule has 0 bridgehead atoms. The van der Waals surface area contributed by atoms with Gasteiger partial charge in [-0.25, -0.2) is 13.2 Å². The molecule has 0 unspecified atom stereocenters. The molecule has 1 aliphatic heterocycles. The topological polar surface area (TPSA) is 113 Å². The zero-order chi connectivity index (χ0) is 15.5. The molecule has 1 aliphatic carbocycles. The maximum atomic E-state index is 11.9. The number of urea groups is 1. The zero-order valence-electron chi connectivity index (χ0n) is 11.9. The Morgan fingerprint density at radius 2 is 1.33 bits per heavy atom. The van der Waals surface area contributed by atoms with E-state index >= 15 is 0 Å². The van der Waals surface area contributed by atoms with Crippen LogP contribution in [0, 0.1) is 5.92 Å². The third-order valence-electron chi connectivity index (χ3n) is 4.30. The number of rotatable bonds is 3. The first-order valence-electron chi connectivity index (χ1n) is 7.36. The number of carbonyl (C=O) groups excluding carboxylic acids is 1. The van der Waals surface area contributed by atoms with Crippen molar-refractivity contribution in [2.75, 3.05) is 11.5 Å². The third kappa shape index (κ3) is 4.87. The summed E-state index contributed by atoms with van der Waals surface area (Å²) in [5.74, 6) is -0.806. The van der Waals surface area contributed by atoms with Crippen LogP contribution in [0.2, 0.25) is 0 Å². The lowest BCUT2D eigenvalue weighted by Crippen LogP contribution is -2.49. The molecular weight excluding hydrogens is 296 g/mol. The quantitative estimate of drug-likeness (QED) is 0.701. The second-order valence-corrected chi connectivity index (χ2v) is 8.23. The van der Waals surface area contributed by atoms with E-state index in [-0.39, 0.29) is 35.5 Å². The average Bonchev–Trinajstić information content (AvgIpc) is 2.42. The van der Waals surface area contributed by atoms with Gasteiger partial charge in [0.1, 0.15) is 9.84 Å². The second-order valence-electron chi connectivity index (χ2n) is 5.93. The summed E-state index contributed by atoms with van der Waals surface area (Å²) in [6.45, 7) is 0. The van der Waals surface area contributed by atoms with Crippen molar-refractivity contribution in [3.8, 4) is 0 Å². The molecular formula is C13H22N2O5S. The van der Waals surface area contributed by atoms with E-state index in [1.54, 1.807) is 0 Å². The second kappa shape index (κ2) is 6.64. The summed E-state index contributed by atoms with van der Waals surface area (Å²) in [6, 6.07) is -0.366. The summed E-state index contributed by atoms with van der Waals surface area (Å²) < 4.78 is 22.6. The standard InChI is InChI=1S/C13H22N2O5S/c16-12(17)9-1-3-10(4-2-9)14-13(18)15-11-5-7-21(19,20)8-6-11/h9-11H,1-8H2,(H,16,17)(H2,14,15,18). The molecule has 0 radical (unpaired) electrons. The zero-order valence-corrected chi connectivity index (χ0v) is 12.7. The summed E-state index contributed by atoms with van der Waals surface area (Å²) in [7, 11) is -2.92. The lowest BCUT2D eigenvalue weighted by molar-refractivity contribution is -0.142. The number of carbonyl (C=O) groups is 2. The fourth-order valence-electron chi connectivity index (χ4n) is 2.93. The highest BCUT2D eigenvalue weighted by molar-refractivity contribution is 7.91. The molecule has 7 nitrogen and oxygen atoms in total. The van der Waals surface area contributed by atoms with Crippen molar-refractivity contribution >= 4 is 21.8 Å². The van der Waals surface area contributed by atoms with E-state index < -0.39 is 15.8 Å². The van der Waals surface area contributed by atoms with Crippen LogP contribution in [0.1, 0.15) is 38.5 Å². The first-order valence-corrected chi connectivity index (χ1v) is 9.18. The van der Waals surface area contributed by atoms with Crippen molar-refractivity contribution < 1.29 is 23.1 Å². The van der Waals surface area contributed by atoms with Crippen LogP contribution in [0.15, 0.2) is 0 Å². The Bertz CT molecular complexity index is 483. The number of carboxylic acids is 1. The average molecular weight is 318 g/mol. The summed E-state index contributed by atoms with van der Waals surface area (Å²) in [4.78, 5) is 22.7. The molecule has 120 valence electrons. The molecule has 0 atom stereocenters. The van der Waals surface area contributed by atoms with Crippen LogP contribution in [-0.2, 0) is 14.6 Å². The Morgan fingerprint density at radius 3 is 1.81 bits per heavy atom. The van der Waals surface area contributed by atoms with Gasteiger partial charge in [-0.3, -0.25) is 4.79 Å². The number of carboxylic acid groups (broad SMARTS) is 1. The van der Waals surface area contributed by atoms with E-state index in [9.17, 15) is 18.0 Å². The van der Waals surface area contributed by atoms with Crippen LogP contribution in [-0.4, -0.2) is 49.1 Å². The summed E-state index contributed by atoms with van der Waals surface area (Å²) in [5.41, 5.74) is 0. The molecule has 0 aromatic carbocycles. The van der Waals surface area contributed by atoms with Crippen molar-refractivity contribution in [1.29, 1.82) is 0 Å². The predicted octanol–water partition coefficient (Wildman–Crippen LogP) is 0.506. The number of sulfone groups is 1. The van der Waals surface area contributed by atoms with Gasteiger partial charge in [-0.1, -0.05) is 0 Å². The van der Waals surface area contributed by atoms with E-state index in [1.807, 2.05) is 0 Å². The normalized spacial score (nSPS) is 29.5. The van der Waals surface area contributed by atoms with Crippen LogP contribution in [0.25, 0.3) is 0 Å². The van der Waals surface area contributed by atoms with E-state index in [2.05, 4.69) is 10.6 Å². The Kier molecular flexibility index (Phi) is 5.08. The maximum Gasteiger partial charge on any atom is 0.315 e. The maximum absolute atomic E-state index is 11.9. The van der Waals surface area contributed by atoms with Gasteiger partial charge in [0, 0.05) is 12.1 Å². The molecule has 3 N–H and O–H groups in total. The Balaban J connectivity index is 1.70. The lowest BCUT2D eigenvalue weighted by Gasteiger charge is -2.28. The van der Waals surface area contributed by atoms with Gasteiger partial charge >= 0.3 is 12.0 Å². The Labute approximate surface area is 124 Å². The van der Waals surface area contributed by atoms with Gasteiger partial charge in [-0.15, -0.1) is 0 Å². The number of aliphatic carboxylic acids is 1. The van der Waals surface area contributed by atoms with Crippen LogP contribution in [0.5, 0.6) is 0 Å². The minimum absolute atomic E-state index is 0.00734. The molecule has 21 heavy (non-hydrogen) atoms. The van der Waals surface area contributed by atoms with Crippen LogP contribution >= 0.6 is 0 Å². The Hall–Kier alpha value is -1.31. The van der Waals surface area contributed by atoms with Crippen molar-refractivity contribution in [3.05, 3.63) is 0 Å². The number of hydrogen-bond donors (Lipinski definition) is 3. The fourth-order valence-corrected chi connectivity index (χ4v) is 4.42. The summed E-state index contributed by atoms with van der Waals surface area (Å²) in [5, 5.41) is 14.6. The van der Waals surface area contributed by atoms with Gasteiger partial charge in [0.15, 0.2) is 0 Å². The van der Waals surface area contributed by atoms with Crippen LogP contribution in [0.4, 0.5) is 4.79 Å². The largest absolute Gasteiger partial charge is 0.481 e. The van der Waals surface area contributed by atoms with Crippen molar-refractivity contribution in [2.24, 2.45) is 5.92 Å². The van der Waals surface area contributed by atoms with Crippen LogP contribution < -0.4 is 10.6 Å². The fraction of sp³-hybridized carbons (Fsp3) is 0.846. The van der Waals surface area contributed by atoms with E-state index in [4.69, 9.17) is 5.11 Å². The van der Waals surface area contributed by atoms with Gasteiger partial charge in [-0.2, -0.15) is 0 Å². The van der Waals surface area contributed by atoms with E-state index in [0.29, 0.717) is 38.5 Å². The molecule has 0 spiro atoms. The van der Waals surface area contributed by atoms with E-state index in [1.165, 1.54) is 0 Å². The molecule has 0 aromatic heterocycles. The number of amides is 2. The molecule has 1 heterocycles. The molecule has 0 aromatic rings. The molecule has 1 saturated heterocycles. The highest BCUT2D eigenvalue weighted by Crippen LogP contribution is 2.24. The summed E-state index contributed by atoms with van der Waals surface area (Å²) in [6.07, 6.45) is 3.43. The molecule has 2 rings (SSSR count). The number of hydrogen-bond acceptors (Lipinski definition) is 4. The molecule has 1 saturated carbocycles. The van der Waals surface area contributed by atoms with Gasteiger partial charge in [-0.05, 0) is 38.5 Å². The lowest BCUT2D eigenvalue weighted by atomic mass is 9.86. The molecule has 2 amide bonds. The minimum atomic E-state index is -2.92. The van der Waals surface area contributed by atoms with Gasteiger partial charge in [0.25, 0.3) is 0 Å². The van der Waals surface area contributed by atoms with E-state index in [0.717, 1.165) is 0 Å². The molecule has 2 aliphatic rings. The van der Waals surface area contributed by atoms with Crippen molar-refractivity contribution in [3.63, 3.8) is 0 Å². The predicted molar refractivity (Wildman–Crippen MR) is 76.7 cm³/mol. The first-order chi connectivity index (χ1) is 9.85. The highest BCUT2D eigenvalue weighted by atomic mass is 32.2. The minimum Gasteiger partial charge on any atom is -0.481 e. The summed E-state index contributed by atoms with van der Waals surface area (Å²) >= 11 is 0. The van der Waals surface area contributed by atoms with Gasteiger partial charge in [0.05, 0.1) is 17.4 Å². The smallest absolute Gasteiger partial charge is 0.315 e. The van der Waals surface area contributed by atoms with Crippen molar-refractivity contribution in [1.82, 2.24) is 10.6 Å². The number of nitrogens with one attached hydrogen (secondary N) is 2.